The van der Waals surface area contributed by atoms with Crippen LogP contribution in [0.1, 0.15) is 57.1 Å². The van der Waals surface area contributed by atoms with E-state index in [0.717, 1.165) is 12.1 Å². The number of halogens is 4. The van der Waals surface area contributed by atoms with E-state index in [0.29, 0.717) is 24.9 Å². The highest BCUT2D eigenvalue weighted by Crippen LogP contribution is 2.31. The molecule has 7 heteroatoms. The zero-order valence-electron chi connectivity index (χ0n) is 14.2. The minimum absolute atomic E-state index is 0. The van der Waals surface area contributed by atoms with Crippen LogP contribution in [-0.2, 0) is 11.0 Å². The first-order valence-electron chi connectivity index (χ1n) is 7.85. The van der Waals surface area contributed by atoms with Gasteiger partial charge in [0.25, 0.3) is 0 Å². The van der Waals surface area contributed by atoms with Crippen LogP contribution in [0.15, 0.2) is 24.3 Å². The molecular formula is C17H26ClF3N2O. The number of carbonyl (C=O) groups is 1. The Morgan fingerprint density at radius 3 is 2.29 bits per heavy atom. The molecule has 0 heterocycles. The van der Waals surface area contributed by atoms with Gasteiger partial charge in [0.05, 0.1) is 11.1 Å². The zero-order chi connectivity index (χ0) is 17.7. The highest BCUT2D eigenvalue weighted by Gasteiger charge is 2.31. The molecule has 0 aliphatic carbocycles. The summed E-state index contributed by atoms with van der Waals surface area (Å²) in [7, 11) is 0. The van der Waals surface area contributed by atoms with Crippen LogP contribution in [0.3, 0.4) is 0 Å². The number of nitrogens with one attached hydrogen (secondary N) is 1. The zero-order valence-corrected chi connectivity index (χ0v) is 15.1. The SMILES string of the molecule is CCC(CC)(CN)NC(=O)CC(C)c1cccc(C(F)(F)F)c1.Cl. The van der Waals surface area contributed by atoms with Crippen molar-refractivity contribution in [3.05, 3.63) is 35.4 Å². The maximum absolute atomic E-state index is 12.8. The lowest BCUT2D eigenvalue weighted by Crippen LogP contribution is -2.53. The van der Waals surface area contributed by atoms with Crippen molar-refractivity contribution in [2.24, 2.45) is 5.73 Å². The Morgan fingerprint density at radius 2 is 1.83 bits per heavy atom. The van der Waals surface area contributed by atoms with E-state index in [1.807, 2.05) is 13.8 Å². The Bertz CT molecular complexity index is 523. The van der Waals surface area contributed by atoms with Gasteiger partial charge in [-0.3, -0.25) is 4.79 Å². The molecule has 0 fully saturated rings. The predicted octanol–water partition coefficient (Wildman–Crippen LogP) is 4.25. The molecule has 3 nitrogen and oxygen atoms in total. The Balaban J connectivity index is 0.00000529. The minimum Gasteiger partial charge on any atom is -0.349 e. The van der Waals surface area contributed by atoms with Gasteiger partial charge in [0.2, 0.25) is 5.91 Å². The van der Waals surface area contributed by atoms with Crippen LogP contribution < -0.4 is 11.1 Å². The third-order valence-corrected chi connectivity index (χ3v) is 4.42. The van der Waals surface area contributed by atoms with E-state index >= 15 is 0 Å². The predicted molar refractivity (Wildman–Crippen MR) is 92.2 cm³/mol. The van der Waals surface area contributed by atoms with Crippen LogP contribution in [0.4, 0.5) is 13.2 Å². The summed E-state index contributed by atoms with van der Waals surface area (Å²) in [6.45, 7) is 5.99. The summed E-state index contributed by atoms with van der Waals surface area (Å²) in [5.74, 6) is -0.495. The molecule has 3 N–H and O–H groups in total. The van der Waals surface area contributed by atoms with E-state index in [1.54, 1.807) is 13.0 Å². The van der Waals surface area contributed by atoms with E-state index in [-0.39, 0.29) is 30.7 Å². The summed E-state index contributed by atoms with van der Waals surface area (Å²) < 4.78 is 38.3. The molecule has 1 aromatic carbocycles. The molecule has 0 bridgehead atoms. The van der Waals surface area contributed by atoms with E-state index in [1.165, 1.54) is 6.07 Å². The summed E-state index contributed by atoms with van der Waals surface area (Å²) in [6, 6.07) is 5.12. The quantitative estimate of drug-likeness (QED) is 0.757. The van der Waals surface area contributed by atoms with E-state index in [4.69, 9.17) is 5.73 Å². The number of alkyl halides is 3. The number of benzene rings is 1. The van der Waals surface area contributed by atoms with Gasteiger partial charge < -0.3 is 11.1 Å². The van der Waals surface area contributed by atoms with Crippen LogP contribution >= 0.6 is 12.4 Å². The van der Waals surface area contributed by atoms with Crippen LogP contribution in [0.2, 0.25) is 0 Å². The summed E-state index contributed by atoms with van der Waals surface area (Å²) in [6.07, 6.45) is -2.83. The van der Waals surface area contributed by atoms with Gasteiger partial charge in [-0.05, 0) is 30.4 Å². The van der Waals surface area contributed by atoms with E-state index in [2.05, 4.69) is 5.32 Å². The fourth-order valence-corrected chi connectivity index (χ4v) is 2.53. The monoisotopic (exact) mass is 366 g/mol. The van der Waals surface area contributed by atoms with Crippen molar-refractivity contribution in [3.8, 4) is 0 Å². The maximum atomic E-state index is 12.8. The molecule has 0 radical (unpaired) electrons. The van der Waals surface area contributed by atoms with Gasteiger partial charge in [-0.25, -0.2) is 0 Å². The highest BCUT2D eigenvalue weighted by molar-refractivity contribution is 5.85. The Morgan fingerprint density at radius 1 is 1.25 bits per heavy atom. The molecule has 0 aliphatic heterocycles. The lowest BCUT2D eigenvalue weighted by atomic mass is 9.91. The van der Waals surface area contributed by atoms with Gasteiger partial charge in [-0.15, -0.1) is 12.4 Å². The second kappa shape index (κ2) is 9.28. The summed E-state index contributed by atoms with van der Waals surface area (Å²) >= 11 is 0. The van der Waals surface area contributed by atoms with Gasteiger partial charge >= 0.3 is 6.18 Å². The average Bonchev–Trinajstić information content (AvgIpc) is 2.52. The second-order valence-corrected chi connectivity index (χ2v) is 5.97. The van der Waals surface area contributed by atoms with Crippen molar-refractivity contribution in [2.45, 2.75) is 57.7 Å². The van der Waals surface area contributed by atoms with E-state index < -0.39 is 17.3 Å². The van der Waals surface area contributed by atoms with Crippen molar-refractivity contribution in [3.63, 3.8) is 0 Å². The molecule has 0 saturated carbocycles. The molecule has 0 spiro atoms. The molecule has 1 atom stereocenters. The number of hydrogen-bond acceptors (Lipinski definition) is 2. The largest absolute Gasteiger partial charge is 0.416 e. The van der Waals surface area contributed by atoms with Crippen molar-refractivity contribution in [1.82, 2.24) is 5.32 Å². The maximum Gasteiger partial charge on any atom is 0.416 e. The van der Waals surface area contributed by atoms with Gasteiger partial charge in [0.15, 0.2) is 0 Å². The minimum atomic E-state index is -4.38. The lowest BCUT2D eigenvalue weighted by molar-refractivity contribution is -0.137. The first kappa shape index (κ1) is 22.7. The third kappa shape index (κ3) is 5.98. The van der Waals surface area contributed by atoms with E-state index in [9.17, 15) is 18.0 Å². The molecule has 1 amide bonds. The molecule has 1 rings (SSSR count). The summed E-state index contributed by atoms with van der Waals surface area (Å²) in [4.78, 5) is 12.2. The Hall–Kier alpha value is -1.27. The fourth-order valence-electron chi connectivity index (χ4n) is 2.53. The number of amides is 1. The fraction of sp³-hybridized carbons (Fsp3) is 0.588. The van der Waals surface area contributed by atoms with Crippen molar-refractivity contribution in [2.75, 3.05) is 6.54 Å². The second-order valence-electron chi connectivity index (χ2n) is 5.97. The van der Waals surface area contributed by atoms with Gasteiger partial charge in [-0.2, -0.15) is 13.2 Å². The Labute approximate surface area is 147 Å². The van der Waals surface area contributed by atoms with Crippen LogP contribution in [0.25, 0.3) is 0 Å². The molecule has 0 saturated heterocycles. The van der Waals surface area contributed by atoms with Gasteiger partial charge in [0.1, 0.15) is 0 Å². The highest BCUT2D eigenvalue weighted by atomic mass is 35.5. The van der Waals surface area contributed by atoms with Crippen LogP contribution in [0.5, 0.6) is 0 Å². The number of hydrogen-bond donors (Lipinski definition) is 2. The lowest BCUT2D eigenvalue weighted by Gasteiger charge is -2.32. The number of rotatable bonds is 7. The molecule has 138 valence electrons. The smallest absolute Gasteiger partial charge is 0.349 e. The Kier molecular flexibility index (Phi) is 8.78. The molecule has 0 aromatic heterocycles. The first-order chi connectivity index (χ1) is 10.7. The number of nitrogens with two attached hydrogens (primary N) is 1. The summed E-state index contributed by atoms with van der Waals surface area (Å²) in [5.41, 5.74) is 5.11. The van der Waals surface area contributed by atoms with Gasteiger partial charge in [-0.1, -0.05) is 39.0 Å². The molecule has 0 aliphatic rings. The summed E-state index contributed by atoms with van der Waals surface area (Å²) in [5, 5.41) is 2.94. The van der Waals surface area contributed by atoms with Crippen molar-refractivity contribution < 1.29 is 18.0 Å². The van der Waals surface area contributed by atoms with Gasteiger partial charge in [0, 0.05) is 13.0 Å². The molecular weight excluding hydrogens is 341 g/mol. The third-order valence-electron chi connectivity index (χ3n) is 4.42. The van der Waals surface area contributed by atoms with Crippen LogP contribution in [0, 0.1) is 0 Å². The average molecular weight is 367 g/mol. The molecule has 1 unspecified atom stereocenters. The van der Waals surface area contributed by atoms with Crippen LogP contribution in [-0.4, -0.2) is 18.0 Å². The topological polar surface area (TPSA) is 55.1 Å². The first-order valence-corrected chi connectivity index (χ1v) is 7.85. The van der Waals surface area contributed by atoms with Crippen molar-refractivity contribution in [1.29, 1.82) is 0 Å². The van der Waals surface area contributed by atoms with Crippen molar-refractivity contribution >= 4 is 18.3 Å². The number of carbonyl (C=O) groups excluding carboxylic acids is 1. The normalized spacial score (nSPS) is 13.1. The standard InChI is InChI=1S/C17H25F3N2O.ClH/c1-4-16(5-2,11-21)22-15(23)9-12(3)13-7-6-8-14(10-13)17(18,19)20;/h6-8,10,12H,4-5,9,11,21H2,1-3H3,(H,22,23);1H. The molecule has 24 heavy (non-hydrogen) atoms. The molecule has 1 aromatic rings.